The lowest BCUT2D eigenvalue weighted by atomic mass is 10.1. The van der Waals surface area contributed by atoms with Crippen LogP contribution >= 0.6 is 11.8 Å². The van der Waals surface area contributed by atoms with Gasteiger partial charge in [-0.05, 0) is 61.4 Å². The predicted molar refractivity (Wildman–Crippen MR) is 131 cm³/mol. The quantitative estimate of drug-likeness (QED) is 0.204. The maximum Gasteiger partial charge on any atom is 0.338 e. The van der Waals surface area contributed by atoms with E-state index < -0.39 is 5.97 Å². The van der Waals surface area contributed by atoms with Crippen molar-refractivity contribution >= 4 is 17.7 Å². The molecule has 0 N–H and O–H groups in total. The number of nitrogens with zero attached hydrogens (tertiary/aromatic N) is 4. The van der Waals surface area contributed by atoms with Crippen LogP contribution < -0.4 is 5.56 Å². The van der Waals surface area contributed by atoms with Gasteiger partial charge in [-0.1, -0.05) is 23.9 Å². The molecule has 0 amide bonds. The van der Waals surface area contributed by atoms with Gasteiger partial charge in [0.05, 0.1) is 12.2 Å². The molecule has 9 heteroatoms. The number of benzene rings is 2. The zero-order valence-corrected chi connectivity index (χ0v) is 20.1. The number of carbonyl (C=O) groups is 1. The van der Waals surface area contributed by atoms with Crippen molar-refractivity contribution in [1.82, 2.24) is 19.5 Å². The van der Waals surface area contributed by atoms with Gasteiger partial charge in [-0.3, -0.25) is 9.36 Å². The zero-order valence-electron chi connectivity index (χ0n) is 19.3. The fraction of sp³-hybridized carbons (Fsp3) is 0.192. The van der Waals surface area contributed by atoms with E-state index in [2.05, 4.69) is 15.0 Å². The van der Waals surface area contributed by atoms with Crippen molar-refractivity contribution in [1.29, 1.82) is 0 Å². The fourth-order valence-corrected chi connectivity index (χ4v) is 4.25. The first kappa shape index (κ1) is 24.3. The second-order valence-corrected chi connectivity index (χ2v) is 8.66. The Labute approximate surface area is 206 Å². The number of halogens is 1. The van der Waals surface area contributed by atoms with Gasteiger partial charge < -0.3 is 4.74 Å². The Bertz CT molecular complexity index is 1370. The van der Waals surface area contributed by atoms with Gasteiger partial charge >= 0.3 is 5.97 Å². The minimum atomic E-state index is -0.400. The molecule has 0 fully saturated rings. The molecule has 0 radical (unpaired) electrons. The summed E-state index contributed by atoms with van der Waals surface area (Å²) in [5, 5.41) is 0.479. The van der Waals surface area contributed by atoms with Gasteiger partial charge in [-0.2, -0.15) is 4.98 Å². The lowest BCUT2D eigenvalue weighted by Crippen LogP contribution is -2.19. The third kappa shape index (κ3) is 6.19. The Morgan fingerprint density at radius 3 is 2.37 bits per heavy atom. The maximum absolute atomic E-state index is 13.3. The number of thioether (sulfide) groups is 1. The van der Waals surface area contributed by atoms with Crippen molar-refractivity contribution in [2.24, 2.45) is 0 Å². The predicted octanol–water partition coefficient (Wildman–Crippen LogP) is 4.53. The summed E-state index contributed by atoms with van der Waals surface area (Å²) in [5.41, 5.74) is 3.00. The molecule has 35 heavy (non-hydrogen) atoms. The number of esters is 1. The minimum absolute atomic E-state index is 0.292. The van der Waals surface area contributed by atoms with Gasteiger partial charge in [0.25, 0.3) is 5.56 Å². The van der Waals surface area contributed by atoms with Crippen LogP contribution in [0, 0.1) is 12.7 Å². The highest BCUT2D eigenvalue weighted by atomic mass is 32.2. The lowest BCUT2D eigenvalue weighted by Gasteiger charge is -2.14. The van der Waals surface area contributed by atoms with E-state index in [0.29, 0.717) is 40.9 Å². The van der Waals surface area contributed by atoms with Crippen molar-refractivity contribution in [3.63, 3.8) is 0 Å². The maximum atomic E-state index is 13.3. The summed E-state index contributed by atoms with van der Waals surface area (Å²) in [6, 6.07) is 13.1. The van der Waals surface area contributed by atoms with Gasteiger partial charge in [0, 0.05) is 42.0 Å². The molecule has 0 atom stereocenters. The molecule has 4 rings (SSSR count). The van der Waals surface area contributed by atoms with E-state index in [1.54, 1.807) is 68.8 Å². The van der Waals surface area contributed by atoms with Gasteiger partial charge in [-0.25, -0.2) is 19.2 Å². The Hall–Kier alpha value is -3.85. The van der Waals surface area contributed by atoms with E-state index in [-0.39, 0.29) is 11.4 Å². The van der Waals surface area contributed by atoms with E-state index in [9.17, 15) is 14.0 Å². The lowest BCUT2D eigenvalue weighted by molar-refractivity contribution is 0.0526. The number of carbonyl (C=O) groups excluding carboxylic acids is 1. The van der Waals surface area contributed by atoms with Crippen LogP contribution in [0.2, 0.25) is 0 Å². The van der Waals surface area contributed by atoms with Crippen molar-refractivity contribution in [2.45, 2.75) is 31.2 Å². The smallest absolute Gasteiger partial charge is 0.338 e. The molecule has 4 aromatic rings. The highest BCUT2D eigenvalue weighted by Gasteiger charge is 2.14. The van der Waals surface area contributed by atoms with E-state index in [1.807, 2.05) is 4.57 Å². The summed E-state index contributed by atoms with van der Waals surface area (Å²) < 4.78 is 20.1. The minimum Gasteiger partial charge on any atom is -0.462 e. The fourth-order valence-electron chi connectivity index (χ4n) is 3.32. The number of ether oxygens (including phenoxy) is 1. The summed E-state index contributed by atoms with van der Waals surface area (Å²) in [6.45, 7) is 3.84. The van der Waals surface area contributed by atoms with Crippen molar-refractivity contribution in [3.8, 4) is 5.69 Å². The van der Waals surface area contributed by atoms with Crippen LogP contribution in [0.25, 0.3) is 5.69 Å². The number of rotatable bonds is 8. The van der Waals surface area contributed by atoms with Crippen molar-refractivity contribution in [2.75, 3.05) is 6.61 Å². The molecular formula is C26H23FN4O3S. The first-order valence-electron chi connectivity index (χ1n) is 11.0. The van der Waals surface area contributed by atoms with E-state index in [4.69, 9.17) is 4.74 Å². The highest BCUT2D eigenvalue weighted by molar-refractivity contribution is 7.98. The average Bonchev–Trinajstić information content (AvgIpc) is 2.86. The molecule has 0 saturated heterocycles. The molecule has 0 aliphatic heterocycles. The molecule has 7 nitrogen and oxygen atoms in total. The number of hydrogen-bond acceptors (Lipinski definition) is 7. The van der Waals surface area contributed by atoms with Gasteiger partial charge in [0.15, 0.2) is 5.16 Å². The Balaban J connectivity index is 1.69. The second kappa shape index (κ2) is 11.1. The Kier molecular flexibility index (Phi) is 7.67. The van der Waals surface area contributed by atoms with Crippen LogP contribution in [-0.4, -0.2) is 32.1 Å². The van der Waals surface area contributed by atoms with Crippen LogP contribution in [0.1, 0.15) is 39.8 Å². The largest absolute Gasteiger partial charge is 0.462 e. The zero-order chi connectivity index (χ0) is 24.8. The number of aromatic nitrogens is 4. The number of hydrogen-bond donors (Lipinski definition) is 0. The summed E-state index contributed by atoms with van der Waals surface area (Å²) >= 11 is 1.36. The summed E-state index contributed by atoms with van der Waals surface area (Å²) in [4.78, 5) is 37.7. The molecule has 0 unspecified atom stereocenters. The molecule has 0 aliphatic carbocycles. The summed E-state index contributed by atoms with van der Waals surface area (Å²) in [6.07, 6.45) is 5.46. The summed E-state index contributed by atoms with van der Waals surface area (Å²) in [5.74, 6) is 0.445. The molecule has 0 bridgehead atoms. The second-order valence-electron chi connectivity index (χ2n) is 7.72. The molecule has 0 aliphatic rings. The molecule has 2 aromatic carbocycles. The third-order valence-electron chi connectivity index (χ3n) is 5.13. The van der Waals surface area contributed by atoms with E-state index >= 15 is 0 Å². The Morgan fingerprint density at radius 2 is 1.71 bits per heavy atom. The van der Waals surface area contributed by atoms with Crippen LogP contribution in [0.15, 0.2) is 77.1 Å². The van der Waals surface area contributed by atoms with E-state index in [0.717, 1.165) is 16.8 Å². The molecule has 2 heterocycles. The highest BCUT2D eigenvalue weighted by Crippen LogP contribution is 2.24. The normalized spacial score (nSPS) is 10.8. The molecule has 2 aromatic heterocycles. The van der Waals surface area contributed by atoms with Crippen LogP contribution in [0.5, 0.6) is 0 Å². The van der Waals surface area contributed by atoms with Crippen LogP contribution in [0.4, 0.5) is 4.39 Å². The molecular weight excluding hydrogens is 467 g/mol. The first-order valence-corrected chi connectivity index (χ1v) is 12.0. The Morgan fingerprint density at radius 1 is 1.03 bits per heavy atom. The van der Waals surface area contributed by atoms with E-state index in [1.165, 1.54) is 23.9 Å². The van der Waals surface area contributed by atoms with Crippen molar-refractivity contribution < 1.29 is 13.9 Å². The molecule has 0 spiro atoms. The van der Waals surface area contributed by atoms with Crippen LogP contribution in [0.3, 0.4) is 0 Å². The summed E-state index contributed by atoms with van der Waals surface area (Å²) in [7, 11) is 0. The first-order chi connectivity index (χ1) is 16.9. The number of aryl methyl sites for hydroxylation is 1. The van der Waals surface area contributed by atoms with Gasteiger partial charge in [0.2, 0.25) is 0 Å². The SMILES string of the molecule is CCOC(=O)c1ccc(-n2cc(Cc3cnc(C)nc3)c(=O)nc2SCc2ccc(F)cc2)cc1. The monoisotopic (exact) mass is 490 g/mol. The molecule has 0 saturated carbocycles. The van der Waals surface area contributed by atoms with Crippen LogP contribution in [-0.2, 0) is 16.9 Å². The van der Waals surface area contributed by atoms with Gasteiger partial charge in [0.1, 0.15) is 11.6 Å². The van der Waals surface area contributed by atoms with Gasteiger partial charge in [-0.15, -0.1) is 0 Å². The standard InChI is InChI=1S/C26H23FN4O3S/c1-3-34-25(33)20-6-10-23(11-7-20)31-15-21(12-19-13-28-17(2)29-14-19)24(32)30-26(31)35-16-18-4-8-22(27)9-5-18/h4-11,13-15H,3,12,16H2,1-2H3. The topological polar surface area (TPSA) is 87.0 Å². The third-order valence-corrected chi connectivity index (χ3v) is 6.15. The molecule has 178 valence electrons. The average molecular weight is 491 g/mol. The van der Waals surface area contributed by atoms with Crippen molar-refractivity contribution in [3.05, 3.63) is 111 Å².